The average molecular weight is 249 g/mol. The van der Waals surface area contributed by atoms with Gasteiger partial charge in [0.2, 0.25) is 11.8 Å². The molecule has 5 heteroatoms. The van der Waals surface area contributed by atoms with Crippen molar-refractivity contribution < 1.29 is 9.59 Å². The number of hydrogen-bond donors (Lipinski definition) is 3. The maximum atomic E-state index is 11.9. The molecule has 1 rings (SSSR count). The Morgan fingerprint density at radius 3 is 2.61 bits per heavy atom. The number of anilines is 1. The lowest BCUT2D eigenvalue weighted by molar-refractivity contribution is -0.119. The molecule has 0 bridgehead atoms. The third-order valence-electron chi connectivity index (χ3n) is 2.74. The Hall–Kier alpha value is -1.88. The van der Waals surface area contributed by atoms with Crippen LogP contribution >= 0.6 is 0 Å². The van der Waals surface area contributed by atoms with Gasteiger partial charge in [0.05, 0.1) is 0 Å². The van der Waals surface area contributed by atoms with Gasteiger partial charge in [-0.1, -0.05) is 13.0 Å². The van der Waals surface area contributed by atoms with E-state index in [1.807, 2.05) is 13.8 Å². The quantitative estimate of drug-likeness (QED) is 0.724. The highest BCUT2D eigenvalue weighted by molar-refractivity contribution is 5.97. The van der Waals surface area contributed by atoms with Crippen LogP contribution in [0.4, 0.5) is 5.69 Å². The number of rotatable bonds is 5. The Morgan fingerprint density at radius 1 is 1.39 bits per heavy atom. The lowest BCUT2D eigenvalue weighted by Gasteiger charge is -2.13. The van der Waals surface area contributed by atoms with Crippen LogP contribution in [0.25, 0.3) is 0 Å². The maximum absolute atomic E-state index is 11.9. The molecular weight excluding hydrogens is 230 g/mol. The number of carbonyl (C=O) groups excluding carboxylic acids is 2. The Kier molecular flexibility index (Phi) is 4.85. The van der Waals surface area contributed by atoms with E-state index in [1.54, 1.807) is 25.2 Å². The fraction of sp³-hybridized carbons (Fsp3) is 0.385. The van der Waals surface area contributed by atoms with E-state index in [1.165, 1.54) is 0 Å². The second-order valence-electron chi connectivity index (χ2n) is 4.34. The maximum Gasteiger partial charge on any atom is 0.248 e. The van der Waals surface area contributed by atoms with Crippen LogP contribution in [-0.4, -0.2) is 25.4 Å². The zero-order valence-corrected chi connectivity index (χ0v) is 10.9. The van der Waals surface area contributed by atoms with E-state index in [9.17, 15) is 9.59 Å². The molecule has 0 aliphatic heterocycles. The van der Waals surface area contributed by atoms with Crippen molar-refractivity contribution in [3.8, 4) is 0 Å². The van der Waals surface area contributed by atoms with Gasteiger partial charge in [-0.3, -0.25) is 9.59 Å². The predicted molar refractivity (Wildman–Crippen MR) is 71.4 cm³/mol. The Balaban J connectivity index is 2.86. The number of carbonyl (C=O) groups is 2. The molecule has 1 unspecified atom stereocenters. The largest absolute Gasteiger partial charge is 0.366 e. The molecule has 5 nitrogen and oxygen atoms in total. The summed E-state index contributed by atoms with van der Waals surface area (Å²) in [5.41, 5.74) is 7.11. The molecule has 0 radical (unpaired) electrons. The number of nitrogens with two attached hydrogens (primary N) is 1. The van der Waals surface area contributed by atoms with Crippen LogP contribution in [-0.2, 0) is 4.79 Å². The lowest BCUT2D eigenvalue weighted by atomic mass is 10.1. The van der Waals surface area contributed by atoms with Crippen molar-refractivity contribution in [2.45, 2.75) is 13.8 Å². The van der Waals surface area contributed by atoms with E-state index in [-0.39, 0.29) is 11.8 Å². The highest BCUT2D eigenvalue weighted by Gasteiger charge is 2.13. The van der Waals surface area contributed by atoms with Gasteiger partial charge in [0, 0.05) is 23.7 Å². The molecule has 2 amide bonds. The van der Waals surface area contributed by atoms with E-state index in [4.69, 9.17) is 5.73 Å². The van der Waals surface area contributed by atoms with Gasteiger partial charge >= 0.3 is 0 Å². The van der Waals surface area contributed by atoms with Gasteiger partial charge in [0.1, 0.15) is 0 Å². The second kappa shape index (κ2) is 6.16. The summed E-state index contributed by atoms with van der Waals surface area (Å²) in [5.74, 6) is -0.741. The summed E-state index contributed by atoms with van der Waals surface area (Å²) in [4.78, 5) is 23.0. The van der Waals surface area contributed by atoms with E-state index < -0.39 is 5.91 Å². The smallest absolute Gasteiger partial charge is 0.248 e. The van der Waals surface area contributed by atoms with Gasteiger partial charge < -0.3 is 16.4 Å². The first-order valence-corrected chi connectivity index (χ1v) is 5.81. The summed E-state index contributed by atoms with van der Waals surface area (Å²) in [6, 6.07) is 5.00. The molecule has 0 aromatic heterocycles. The minimum Gasteiger partial charge on any atom is -0.366 e. The third kappa shape index (κ3) is 3.56. The monoisotopic (exact) mass is 249 g/mol. The van der Waals surface area contributed by atoms with E-state index in [0.717, 1.165) is 5.56 Å². The van der Waals surface area contributed by atoms with Crippen molar-refractivity contribution >= 4 is 17.5 Å². The van der Waals surface area contributed by atoms with Gasteiger partial charge in [0.15, 0.2) is 0 Å². The first-order valence-electron chi connectivity index (χ1n) is 5.81. The molecule has 98 valence electrons. The average Bonchev–Trinajstić information content (AvgIpc) is 2.31. The number of benzene rings is 1. The van der Waals surface area contributed by atoms with Gasteiger partial charge in [0.25, 0.3) is 0 Å². The second-order valence-corrected chi connectivity index (χ2v) is 4.34. The zero-order chi connectivity index (χ0) is 13.7. The fourth-order valence-electron chi connectivity index (χ4n) is 1.56. The van der Waals surface area contributed by atoms with Crippen LogP contribution < -0.4 is 16.4 Å². The van der Waals surface area contributed by atoms with Crippen molar-refractivity contribution in [3.05, 3.63) is 29.3 Å². The topological polar surface area (TPSA) is 84.2 Å². The molecule has 1 atom stereocenters. The van der Waals surface area contributed by atoms with Crippen molar-refractivity contribution in [2.24, 2.45) is 11.7 Å². The predicted octanol–water partition coefficient (Wildman–Crippen LogP) is 0.888. The van der Waals surface area contributed by atoms with Crippen molar-refractivity contribution in [2.75, 3.05) is 18.9 Å². The lowest BCUT2D eigenvalue weighted by Crippen LogP contribution is -2.29. The summed E-state index contributed by atoms with van der Waals surface area (Å²) >= 11 is 0. The normalized spacial score (nSPS) is 11.9. The summed E-state index contributed by atoms with van der Waals surface area (Å²) in [6.45, 7) is 4.29. The van der Waals surface area contributed by atoms with Crippen LogP contribution in [0.5, 0.6) is 0 Å². The molecule has 0 fully saturated rings. The number of aryl methyl sites for hydroxylation is 1. The van der Waals surface area contributed by atoms with E-state index >= 15 is 0 Å². The molecule has 0 aliphatic rings. The molecule has 0 heterocycles. The van der Waals surface area contributed by atoms with Gasteiger partial charge in [-0.05, 0) is 31.7 Å². The Morgan fingerprint density at radius 2 is 2.06 bits per heavy atom. The van der Waals surface area contributed by atoms with Gasteiger partial charge in [-0.25, -0.2) is 0 Å². The van der Waals surface area contributed by atoms with E-state index in [2.05, 4.69) is 10.6 Å². The highest BCUT2D eigenvalue weighted by atomic mass is 16.2. The van der Waals surface area contributed by atoms with Gasteiger partial charge in [-0.2, -0.15) is 0 Å². The number of amides is 2. The van der Waals surface area contributed by atoms with Crippen molar-refractivity contribution in [3.63, 3.8) is 0 Å². The first kappa shape index (κ1) is 14.2. The van der Waals surface area contributed by atoms with E-state index in [0.29, 0.717) is 17.8 Å². The molecule has 4 N–H and O–H groups in total. The molecule has 0 saturated carbocycles. The highest BCUT2D eigenvalue weighted by Crippen LogP contribution is 2.17. The minimum absolute atomic E-state index is 0.0888. The van der Waals surface area contributed by atoms with Crippen LogP contribution in [0.1, 0.15) is 22.8 Å². The molecule has 0 aliphatic carbocycles. The van der Waals surface area contributed by atoms with Crippen LogP contribution in [0.2, 0.25) is 0 Å². The fourth-order valence-corrected chi connectivity index (χ4v) is 1.56. The molecule has 18 heavy (non-hydrogen) atoms. The zero-order valence-electron chi connectivity index (χ0n) is 10.9. The summed E-state index contributed by atoms with van der Waals surface area (Å²) in [7, 11) is 1.79. The third-order valence-corrected chi connectivity index (χ3v) is 2.74. The minimum atomic E-state index is -0.506. The summed E-state index contributed by atoms with van der Waals surface area (Å²) in [5, 5.41) is 5.75. The standard InChI is InChI=1S/C13H19N3O2/c1-8-4-5-10(12(14)17)6-11(8)16-13(18)9(2)7-15-3/h4-6,9,15H,7H2,1-3H3,(H2,14,17)(H,16,18). The molecule has 0 saturated heterocycles. The molecule has 1 aromatic carbocycles. The van der Waals surface area contributed by atoms with Crippen molar-refractivity contribution in [1.82, 2.24) is 5.32 Å². The first-order chi connectivity index (χ1) is 8.45. The SMILES string of the molecule is CNCC(C)C(=O)Nc1cc(C(N)=O)ccc1C. The molecule has 1 aromatic rings. The van der Waals surface area contributed by atoms with Crippen LogP contribution in [0, 0.1) is 12.8 Å². The number of nitrogens with one attached hydrogen (secondary N) is 2. The molecular formula is C13H19N3O2. The van der Waals surface area contributed by atoms with Gasteiger partial charge in [-0.15, -0.1) is 0 Å². The van der Waals surface area contributed by atoms with Crippen LogP contribution in [0.15, 0.2) is 18.2 Å². The Labute approximate surface area is 107 Å². The summed E-state index contributed by atoms with van der Waals surface area (Å²) in [6.07, 6.45) is 0. The number of primary amides is 1. The summed E-state index contributed by atoms with van der Waals surface area (Å²) < 4.78 is 0. The van der Waals surface area contributed by atoms with Crippen molar-refractivity contribution in [1.29, 1.82) is 0 Å². The number of hydrogen-bond acceptors (Lipinski definition) is 3. The molecule has 0 spiro atoms. The Bertz CT molecular complexity index is 458. The van der Waals surface area contributed by atoms with Crippen LogP contribution in [0.3, 0.4) is 0 Å².